The first kappa shape index (κ1) is 15.3. The van der Waals surface area contributed by atoms with E-state index >= 15 is 0 Å². The minimum Gasteiger partial charge on any atom is -0.368 e. The summed E-state index contributed by atoms with van der Waals surface area (Å²) >= 11 is 0. The Morgan fingerprint density at radius 1 is 1.19 bits per heavy atom. The van der Waals surface area contributed by atoms with E-state index in [9.17, 15) is 4.79 Å². The first-order chi connectivity index (χ1) is 10.1. The van der Waals surface area contributed by atoms with Crippen LogP contribution in [0.3, 0.4) is 0 Å². The van der Waals surface area contributed by atoms with Crippen LogP contribution in [0.4, 0.5) is 0 Å². The van der Waals surface area contributed by atoms with E-state index in [1.54, 1.807) is 7.11 Å². The molecular weight excluding hydrogens is 266 g/mol. The van der Waals surface area contributed by atoms with Gasteiger partial charge in [-0.3, -0.25) is 4.79 Å². The van der Waals surface area contributed by atoms with Gasteiger partial charge in [-0.2, -0.15) is 0 Å². The fourth-order valence-electron chi connectivity index (χ4n) is 4.28. The van der Waals surface area contributed by atoms with Crippen molar-refractivity contribution in [2.75, 3.05) is 39.8 Å². The molecule has 4 aliphatic rings. The molecule has 2 N–H and O–H groups in total. The SMILES string of the molecule is COC1(C(=O)NC2(C)CCN3CCC2CC3)CCNCC1. The van der Waals surface area contributed by atoms with Crippen molar-refractivity contribution in [1.29, 1.82) is 0 Å². The molecule has 0 spiro atoms. The van der Waals surface area contributed by atoms with Gasteiger partial charge in [0.05, 0.1) is 0 Å². The van der Waals surface area contributed by atoms with Crippen molar-refractivity contribution in [1.82, 2.24) is 15.5 Å². The molecule has 1 amide bonds. The van der Waals surface area contributed by atoms with Gasteiger partial charge < -0.3 is 20.3 Å². The van der Waals surface area contributed by atoms with Crippen molar-refractivity contribution < 1.29 is 9.53 Å². The van der Waals surface area contributed by atoms with E-state index in [1.807, 2.05) is 0 Å². The Labute approximate surface area is 127 Å². The quantitative estimate of drug-likeness (QED) is 0.806. The van der Waals surface area contributed by atoms with E-state index < -0.39 is 5.60 Å². The lowest BCUT2D eigenvalue weighted by Gasteiger charge is -2.42. The van der Waals surface area contributed by atoms with Gasteiger partial charge in [-0.15, -0.1) is 0 Å². The Morgan fingerprint density at radius 2 is 1.86 bits per heavy atom. The number of fused-ring (bicyclic) bond motifs is 4. The van der Waals surface area contributed by atoms with Gasteiger partial charge in [0.1, 0.15) is 5.60 Å². The Morgan fingerprint density at radius 3 is 2.48 bits per heavy atom. The largest absolute Gasteiger partial charge is 0.368 e. The summed E-state index contributed by atoms with van der Waals surface area (Å²) in [6.45, 7) is 7.44. The van der Waals surface area contributed by atoms with Gasteiger partial charge in [0, 0.05) is 19.2 Å². The Kier molecular flexibility index (Phi) is 4.26. The second-order valence-electron chi connectivity index (χ2n) is 7.19. The molecule has 4 fully saturated rings. The highest BCUT2D eigenvalue weighted by molar-refractivity contribution is 5.86. The highest BCUT2D eigenvalue weighted by Gasteiger charge is 2.46. The highest BCUT2D eigenvalue weighted by Crippen LogP contribution is 2.36. The van der Waals surface area contributed by atoms with Crippen molar-refractivity contribution in [2.24, 2.45) is 5.92 Å². The van der Waals surface area contributed by atoms with Gasteiger partial charge in [-0.05, 0) is 71.1 Å². The Balaban J connectivity index is 1.73. The minimum absolute atomic E-state index is 0.0707. The second kappa shape index (κ2) is 5.86. The van der Waals surface area contributed by atoms with E-state index in [-0.39, 0.29) is 11.4 Å². The monoisotopic (exact) mass is 295 g/mol. The molecule has 0 aliphatic carbocycles. The molecule has 0 saturated carbocycles. The topological polar surface area (TPSA) is 53.6 Å². The molecule has 2 bridgehead atoms. The molecule has 0 aromatic carbocycles. The summed E-state index contributed by atoms with van der Waals surface area (Å²) in [7, 11) is 1.68. The van der Waals surface area contributed by atoms with Gasteiger partial charge in [0.25, 0.3) is 5.91 Å². The molecule has 4 heterocycles. The molecule has 4 aliphatic heterocycles. The highest BCUT2D eigenvalue weighted by atomic mass is 16.5. The number of piperidine rings is 2. The van der Waals surface area contributed by atoms with Crippen LogP contribution in [0.1, 0.15) is 39.0 Å². The summed E-state index contributed by atoms with van der Waals surface area (Å²) in [5.41, 5.74) is -0.697. The van der Waals surface area contributed by atoms with E-state index in [2.05, 4.69) is 22.5 Å². The van der Waals surface area contributed by atoms with Crippen molar-refractivity contribution in [3.63, 3.8) is 0 Å². The van der Waals surface area contributed by atoms with E-state index in [0.717, 1.165) is 38.9 Å². The van der Waals surface area contributed by atoms with Crippen molar-refractivity contribution in [3.8, 4) is 0 Å². The number of rotatable bonds is 3. The molecule has 0 aromatic heterocycles. The number of carbonyl (C=O) groups excluding carboxylic acids is 1. The maximum Gasteiger partial charge on any atom is 0.252 e. The number of methoxy groups -OCH3 is 1. The number of hydrogen-bond donors (Lipinski definition) is 2. The number of carbonyl (C=O) groups is 1. The lowest BCUT2D eigenvalue weighted by molar-refractivity contribution is -0.149. The molecule has 5 heteroatoms. The first-order valence-electron chi connectivity index (χ1n) is 8.39. The van der Waals surface area contributed by atoms with Crippen LogP contribution in [0, 0.1) is 5.92 Å². The maximum absolute atomic E-state index is 12.9. The predicted octanol–water partition coefficient (Wildman–Crippen LogP) is 0.746. The van der Waals surface area contributed by atoms with Crippen LogP contribution < -0.4 is 10.6 Å². The molecule has 21 heavy (non-hydrogen) atoms. The Hall–Kier alpha value is -0.650. The molecule has 4 rings (SSSR count). The standard InChI is InChI=1S/C16H29N3O2/c1-15(7-12-19-10-3-13(15)4-11-19)18-14(20)16(21-2)5-8-17-9-6-16/h13,17H,3-12H2,1-2H3,(H,18,20). The molecule has 1 unspecified atom stereocenters. The van der Waals surface area contributed by atoms with Crippen LogP contribution in [0.2, 0.25) is 0 Å². The number of ether oxygens (including phenoxy) is 1. The van der Waals surface area contributed by atoms with E-state index in [1.165, 1.54) is 25.9 Å². The summed E-state index contributed by atoms with van der Waals surface area (Å²) in [5, 5.41) is 6.72. The summed E-state index contributed by atoms with van der Waals surface area (Å²) < 4.78 is 5.68. The van der Waals surface area contributed by atoms with Gasteiger partial charge in [-0.25, -0.2) is 0 Å². The molecular formula is C16H29N3O2. The molecule has 120 valence electrons. The summed E-state index contributed by atoms with van der Waals surface area (Å²) in [4.78, 5) is 15.5. The maximum atomic E-state index is 12.9. The van der Waals surface area contributed by atoms with Crippen LogP contribution in [0.15, 0.2) is 0 Å². The molecule has 0 radical (unpaired) electrons. The zero-order valence-electron chi connectivity index (χ0n) is 13.4. The molecule has 4 saturated heterocycles. The van der Waals surface area contributed by atoms with Crippen molar-refractivity contribution in [2.45, 2.75) is 50.2 Å². The number of nitrogens with one attached hydrogen (secondary N) is 2. The summed E-state index contributed by atoms with van der Waals surface area (Å²) in [5.74, 6) is 0.713. The smallest absolute Gasteiger partial charge is 0.252 e. The van der Waals surface area contributed by atoms with Gasteiger partial charge in [0.2, 0.25) is 0 Å². The first-order valence-corrected chi connectivity index (χ1v) is 8.39. The van der Waals surface area contributed by atoms with Crippen LogP contribution in [0.5, 0.6) is 0 Å². The molecule has 0 aromatic rings. The van der Waals surface area contributed by atoms with Gasteiger partial charge in [-0.1, -0.05) is 0 Å². The summed E-state index contributed by atoms with van der Waals surface area (Å²) in [6.07, 6.45) is 5.00. The number of hydrogen-bond acceptors (Lipinski definition) is 4. The van der Waals surface area contributed by atoms with E-state index in [0.29, 0.717) is 5.92 Å². The van der Waals surface area contributed by atoms with Crippen LogP contribution in [-0.2, 0) is 9.53 Å². The van der Waals surface area contributed by atoms with Crippen LogP contribution in [-0.4, -0.2) is 61.8 Å². The molecule has 1 atom stereocenters. The van der Waals surface area contributed by atoms with E-state index in [4.69, 9.17) is 4.74 Å². The lowest BCUT2D eigenvalue weighted by Crippen LogP contribution is -2.61. The Bertz CT molecular complexity index is 387. The fraction of sp³-hybridized carbons (Fsp3) is 0.938. The van der Waals surface area contributed by atoms with Crippen LogP contribution in [0.25, 0.3) is 0 Å². The van der Waals surface area contributed by atoms with Crippen molar-refractivity contribution >= 4 is 5.91 Å². The average Bonchev–Trinajstić information content (AvgIpc) is 2.77. The normalized spacial score (nSPS) is 38.8. The minimum atomic E-state index is -0.626. The van der Waals surface area contributed by atoms with Crippen LogP contribution >= 0.6 is 0 Å². The van der Waals surface area contributed by atoms with Gasteiger partial charge in [0.15, 0.2) is 0 Å². The third-order valence-electron chi connectivity index (χ3n) is 6.05. The van der Waals surface area contributed by atoms with Crippen molar-refractivity contribution in [3.05, 3.63) is 0 Å². The molecule has 5 nitrogen and oxygen atoms in total. The third-order valence-corrected chi connectivity index (χ3v) is 6.05. The lowest BCUT2D eigenvalue weighted by atomic mass is 9.78. The second-order valence-corrected chi connectivity index (χ2v) is 7.19. The predicted molar refractivity (Wildman–Crippen MR) is 82.2 cm³/mol. The third kappa shape index (κ3) is 2.83. The fourth-order valence-corrected chi connectivity index (χ4v) is 4.28. The van der Waals surface area contributed by atoms with Gasteiger partial charge >= 0.3 is 0 Å². The zero-order chi connectivity index (χ0) is 14.9. The zero-order valence-corrected chi connectivity index (χ0v) is 13.4. The number of nitrogens with zero attached hydrogens (tertiary/aromatic N) is 1. The number of amides is 1. The average molecular weight is 295 g/mol. The summed E-state index contributed by atoms with van der Waals surface area (Å²) in [6, 6.07) is 0.